The molecule has 3 aromatic rings. The third-order valence-electron chi connectivity index (χ3n) is 4.71. The van der Waals surface area contributed by atoms with Gasteiger partial charge in [-0.25, -0.2) is 17.8 Å². The van der Waals surface area contributed by atoms with Gasteiger partial charge in [-0.3, -0.25) is 4.79 Å². The predicted octanol–water partition coefficient (Wildman–Crippen LogP) is 4.05. The van der Waals surface area contributed by atoms with Crippen LogP contribution in [0.15, 0.2) is 52.1 Å². The van der Waals surface area contributed by atoms with Crippen molar-refractivity contribution < 1.29 is 17.6 Å². The molecule has 0 saturated carbocycles. The molecular formula is C19H18FN3O3S3. The highest BCUT2D eigenvalue weighted by Crippen LogP contribution is 2.29. The summed E-state index contributed by atoms with van der Waals surface area (Å²) in [5.41, 5.74) is 0.810. The molecule has 0 radical (unpaired) electrons. The molecular weight excluding hydrogens is 433 g/mol. The number of thiazole rings is 1. The fraction of sp³-hybridized carbons (Fsp3) is 0.263. The van der Waals surface area contributed by atoms with Gasteiger partial charge < -0.3 is 5.32 Å². The summed E-state index contributed by atoms with van der Waals surface area (Å²) in [7, 11) is -3.77. The van der Waals surface area contributed by atoms with Crippen LogP contribution in [0.2, 0.25) is 0 Å². The van der Waals surface area contributed by atoms with E-state index in [2.05, 4.69) is 10.3 Å². The normalized spacial score (nSPS) is 17.9. The number of piperidine rings is 1. The average molecular weight is 452 g/mol. The molecule has 1 saturated heterocycles. The van der Waals surface area contributed by atoms with Gasteiger partial charge >= 0.3 is 0 Å². The van der Waals surface area contributed by atoms with E-state index in [9.17, 15) is 17.6 Å². The van der Waals surface area contributed by atoms with Crippen LogP contribution < -0.4 is 5.32 Å². The number of anilines is 1. The van der Waals surface area contributed by atoms with Gasteiger partial charge in [0.15, 0.2) is 5.13 Å². The number of halogens is 1. The van der Waals surface area contributed by atoms with E-state index in [1.54, 1.807) is 11.3 Å². The Kier molecular flexibility index (Phi) is 5.77. The molecule has 0 bridgehead atoms. The van der Waals surface area contributed by atoms with E-state index in [-0.39, 0.29) is 17.3 Å². The molecule has 0 spiro atoms. The van der Waals surface area contributed by atoms with Crippen LogP contribution in [-0.4, -0.2) is 36.7 Å². The zero-order valence-corrected chi connectivity index (χ0v) is 17.7. The van der Waals surface area contributed by atoms with Gasteiger partial charge in [-0.2, -0.15) is 4.31 Å². The molecule has 1 aliphatic rings. The molecule has 1 unspecified atom stereocenters. The SMILES string of the molecule is O=C(Nc1nc(-c2cccs2)cs1)C1CCCN(S(=O)(=O)c2ccc(F)cc2)C1. The lowest BCUT2D eigenvalue weighted by Crippen LogP contribution is -2.43. The van der Waals surface area contributed by atoms with E-state index in [1.165, 1.54) is 27.8 Å². The van der Waals surface area contributed by atoms with Crippen molar-refractivity contribution in [3.8, 4) is 10.6 Å². The second kappa shape index (κ2) is 8.31. The molecule has 152 valence electrons. The van der Waals surface area contributed by atoms with Crippen LogP contribution in [-0.2, 0) is 14.8 Å². The molecule has 3 heterocycles. The van der Waals surface area contributed by atoms with E-state index in [1.807, 2.05) is 22.9 Å². The number of rotatable bonds is 5. The van der Waals surface area contributed by atoms with Crippen LogP contribution >= 0.6 is 22.7 Å². The van der Waals surface area contributed by atoms with E-state index in [0.717, 1.165) is 22.7 Å². The van der Waals surface area contributed by atoms with E-state index >= 15 is 0 Å². The van der Waals surface area contributed by atoms with Crippen molar-refractivity contribution in [1.29, 1.82) is 0 Å². The van der Waals surface area contributed by atoms with Gasteiger partial charge in [0.25, 0.3) is 0 Å². The molecule has 1 atom stereocenters. The summed E-state index contributed by atoms with van der Waals surface area (Å²) in [6.07, 6.45) is 1.18. The third kappa shape index (κ3) is 4.40. The first-order chi connectivity index (χ1) is 13.9. The largest absolute Gasteiger partial charge is 0.302 e. The Morgan fingerprint density at radius 3 is 2.72 bits per heavy atom. The van der Waals surface area contributed by atoms with Crippen molar-refractivity contribution in [2.24, 2.45) is 5.92 Å². The maximum Gasteiger partial charge on any atom is 0.243 e. The number of thiophene rings is 1. The standard InChI is InChI=1S/C19H18FN3O3S3/c20-14-5-7-15(8-6-14)29(25,26)23-9-1-3-13(11-23)18(24)22-19-21-16(12-28-19)17-4-2-10-27-17/h2,4-8,10,12-13H,1,3,9,11H2,(H,21,22,24). The maximum atomic E-state index is 13.1. The zero-order valence-electron chi connectivity index (χ0n) is 15.2. The highest BCUT2D eigenvalue weighted by molar-refractivity contribution is 7.89. The number of benzene rings is 1. The molecule has 2 aromatic heterocycles. The van der Waals surface area contributed by atoms with Crippen molar-refractivity contribution in [2.75, 3.05) is 18.4 Å². The fourth-order valence-corrected chi connectivity index (χ4v) is 6.20. The number of carbonyl (C=O) groups is 1. The minimum Gasteiger partial charge on any atom is -0.302 e. The molecule has 10 heteroatoms. The van der Waals surface area contributed by atoms with Gasteiger partial charge in [0.1, 0.15) is 5.82 Å². The second-order valence-corrected chi connectivity index (χ2v) is 10.4. The molecule has 6 nitrogen and oxygen atoms in total. The quantitative estimate of drug-likeness (QED) is 0.635. The Labute approximate surface area is 176 Å². The highest BCUT2D eigenvalue weighted by atomic mass is 32.2. The number of hydrogen-bond acceptors (Lipinski definition) is 6. The first-order valence-electron chi connectivity index (χ1n) is 8.99. The molecule has 0 aliphatic carbocycles. The van der Waals surface area contributed by atoms with Crippen LogP contribution in [0.1, 0.15) is 12.8 Å². The lowest BCUT2D eigenvalue weighted by Gasteiger charge is -2.31. The summed E-state index contributed by atoms with van der Waals surface area (Å²) in [6, 6.07) is 8.63. The number of hydrogen-bond donors (Lipinski definition) is 1. The Balaban J connectivity index is 1.44. The van der Waals surface area contributed by atoms with Gasteiger partial charge in [0, 0.05) is 18.5 Å². The fourth-order valence-electron chi connectivity index (χ4n) is 3.21. The van der Waals surface area contributed by atoms with Gasteiger partial charge in [-0.05, 0) is 48.6 Å². The first kappa shape index (κ1) is 20.1. The number of nitrogens with zero attached hydrogens (tertiary/aromatic N) is 2. The molecule has 29 heavy (non-hydrogen) atoms. The molecule has 1 fully saturated rings. The van der Waals surface area contributed by atoms with E-state index in [0.29, 0.717) is 24.5 Å². The molecule has 1 N–H and O–H groups in total. The van der Waals surface area contributed by atoms with Gasteiger partial charge in [-0.15, -0.1) is 22.7 Å². The summed E-state index contributed by atoms with van der Waals surface area (Å²) < 4.78 is 40.1. The van der Waals surface area contributed by atoms with Gasteiger partial charge in [-0.1, -0.05) is 6.07 Å². The predicted molar refractivity (Wildman–Crippen MR) is 112 cm³/mol. The number of amides is 1. The Hall–Kier alpha value is -2.14. The lowest BCUT2D eigenvalue weighted by molar-refractivity contribution is -0.120. The van der Waals surface area contributed by atoms with Crippen molar-refractivity contribution in [1.82, 2.24) is 9.29 Å². The van der Waals surface area contributed by atoms with Crippen molar-refractivity contribution in [3.63, 3.8) is 0 Å². The number of carbonyl (C=O) groups excluding carboxylic acids is 1. The number of sulfonamides is 1. The van der Waals surface area contributed by atoms with Crippen LogP contribution in [0.4, 0.5) is 9.52 Å². The number of aromatic nitrogens is 1. The van der Waals surface area contributed by atoms with Crippen LogP contribution in [0.3, 0.4) is 0 Å². The minimum atomic E-state index is -3.77. The van der Waals surface area contributed by atoms with E-state index < -0.39 is 21.8 Å². The third-order valence-corrected chi connectivity index (χ3v) is 8.24. The average Bonchev–Trinajstić information content (AvgIpc) is 3.40. The summed E-state index contributed by atoms with van der Waals surface area (Å²) in [5.74, 6) is -1.20. The van der Waals surface area contributed by atoms with Gasteiger partial charge in [0.2, 0.25) is 15.9 Å². The Bertz CT molecular complexity index is 1100. The monoisotopic (exact) mass is 451 g/mol. The Morgan fingerprint density at radius 2 is 2.00 bits per heavy atom. The van der Waals surface area contributed by atoms with Crippen LogP contribution in [0, 0.1) is 11.7 Å². The topological polar surface area (TPSA) is 79.4 Å². The molecule has 1 amide bonds. The Morgan fingerprint density at radius 1 is 1.21 bits per heavy atom. The summed E-state index contributed by atoms with van der Waals surface area (Å²) in [6.45, 7) is 0.429. The summed E-state index contributed by atoms with van der Waals surface area (Å²) in [5, 5.41) is 7.16. The smallest absolute Gasteiger partial charge is 0.243 e. The van der Waals surface area contributed by atoms with Crippen molar-refractivity contribution in [2.45, 2.75) is 17.7 Å². The second-order valence-electron chi connectivity index (χ2n) is 6.66. The van der Waals surface area contributed by atoms with Crippen molar-refractivity contribution >= 4 is 43.7 Å². The van der Waals surface area contributed by atoms with Crippen LogP contribution in [0.25, 0.3) is 10.6 Å². The van der Waals surface area contributed by atoms with Gasteiger partial charge in [0.05, 0.1) is 21.4 Å². The van der Waals surface area contributed by atoms with E-state index in [4.69, 9.17) is 0 Å². The zero-order chi connectivity index (χ0) is 20.4. The van der Waals surface area contributed by atoms with Crippen LogP contribution in [0.5, 0.6) is 0 Å². The minimum absolute atomic E-state index is 0.0282. The summed E-state index contributed by atoms with van der Waals surface area (Å²) in [4.78, 5) is 18.2. The molecule has 1 aliphatic heterocycles. The highest BCUT2D eigenvalue weighted by Gasteiger charge is 2.33. The molecule has 1 aromatic carbocycles. The molecule has 4 rings (SSSR count). The van der Waals surface area contributed by atoms with Crippen molar-refractivity contribution in [3.05, 3.63) is 53.0 Å². The summed E-state index contributed by atoms with van der Waals surface area (Å²) >= 11 is 2.91. The maximum absolute atomic E-state index is 13.1. The first-order valence-corrected chi connectivity index (χ1v) is 12.2. The lowest BCUT2D eigenvalue weighted by atomic mass is 9.99. The number of nitrogens with one attached hydrogen (secondary N) is 1.